The van der Waals surface area contributed by atoms with Gasteiger partial charge in [-0.25, -0.2) is 5.11 Å². The predicted molar refractivity (Wildman–Crippen MR) is 96.5 cm³/mol. The zero-order valence-electron chi connectivity index (χ0n) is 14.4. The second-order valence-electron chi connectivity index (χ2n) is 6.04. The molecule has 0 aliphatic carbocycles. The molecule has 1 heterocycles. The van der Waals surface area contributed by atoms with E-state index in [9.17, 15) is 9.90 Å². The third kappa shape index (κ3) is 3.67. The van der Waals surface area contributed by atoms with Crippen molar-refractivity contribution < 1.29 is 14.6 Å². The summed E-state index contributed by atoms with van der Waals surface area (Å²) < 4.78 is 5.27. The Kier molecular flexibility index (Phi) is 5.05. The summed E-state index contributed by atoms with van der Waals surface area (Å²) in [5.74, 6) is 0.598. The van der Waals surface area contributed by atoms with Gasteiger partial charge in [-0.15, -0.1) is 0 Å². The minimum Gasteiger partial charge on any atom is -0.497 e. The normalized spacial score (nSPS) is 10.8. The van der Waals surface area contributed by atoms with E-state index >= 15 is 0 Å². The van der Waals surface area contributed by atoms with E-state index in [4.69, 9.17) is 4.74 Å². The lowest BCUT2D eigenvalue weighted by Gasteiger charge is -2.09. The fourth-order valence-electron chi connectivity index (χ4n) is 2.96. The molecule has 3 aromatic rings. The number of aromatic amines is 1. The lowest BCUT2D eigenvalue weighted by atomic mass is 10.0. The molecule has 2 aromatic carbocycles. The van der Waals surface area contributed by atoms with Crippen LogP contribution in [0.3, 0.4) is 0 Å². The third-order valence-corrected chi connectivity index (χ3v) is 4.32. The lowest BCUT2D eigenvalue weighted by Crippen LogP contribution is -2.26. The number of rotatable bonds is 6. The summed E-state index contributed by atoms with van der Waals surface area (Å²) in [7, 11) is 1.64. The molecule has 1 aromatic heterocycles. The van der Waals surface area contributed by atoms with Crippen LogP contribution >= 0.6 is 0 Å². The molecule has 3 rings (SSSR count). The first-order valence-corrected chi connectivity index (χ1v) is 8.22. The molecular formula is C20H21N2O3. The number of carbonyl (C=O) groups excluding carboxylic acids is 1. The number of nitrogens with one attached hydrogen (secondary N) is 2. The number of aryl methyl sites for hydroxylation is 1. The topological polar surface area (TPSA) is 74.0 Å². The summed E-state index contributed by atoms with van der Waals surface area (Å²) in [5, 5.41) is 15.3. The minimum absolute atomic E-state index is 0.205. The molecule has 0 fully saturated rings. The fraction of sp³-hybridized carbons (Fsp3) is 0.250. The van der Waals surface area contributed by atoms with Crippen LogP contribution in [0, 0.1) is 6.92 Å². The molecule has 1 amide bonds. The Morgan fingerprint density at radius 2 is 2.00 bits per heavy atom. The maximum absolute atomic E-state index is 12.4. The highest BCUT2D eigenvalue weighted by atomic mass is 16.5. The average molecular weight is 337 g/mol. The Labute approximate surface area is 146 Å². The average Bonchev–Trinajstić information content (AvgIpc) is 3.03. The SMILES string of the molecule is COc1ccc2[nH]cc(CCNC(=O)c3ccc(C)cc3C[O])c2c1. The Hall–Kier alpha value is -2.79. The molecule has 0 saturated heterocycles. The number of ether oxygens (including phenoxy) is 1. The van der Waals surface area contributed by atoms with Crippen molar-refractivity contribution in [3.05, 3.63) is 64.8 Å². The van der Waals surface area contributed by atoms with Crippen LogP contribution < -0.4 is 10.1 Å². The van der Waals surface area contributed by atoms with Gasteiger partial charge in [0, 0.05) is 29.2 Å². The van der Waals surface area contributed by atoms with Crippen LogP contribution in [-0.4, -0.2) is 24.5 Å². The molecule has 2 N–H and O–H groups in total. The van der Waals surface area contributed by atoms with Gasteiger partial charge in [-0.05, 0) is 48.7 Å². The first-order valence-electron chi connectivity index (χ1n) is 8.22. The maximum atomic E-state index is 12.4. The van der Waals surface area contributed by atoms with Crippen LogP contribution in [0.2, 0.25) is 0 Å². The maximum Gasteiger partial charge on any atom is 0.251 e. The molecule has 0 bridgehead atoms. The van der Waals surface area contributed by atoms with Crippen molar-refractivity contribution in [2.45, 2.75) is 20.0 Å². The molecule has 0 aliphatic heterocycles. The van der Waals surface area contributed by atoms with Crippen molar-refractivity contribution in [1.29, 1.82) is 0 Å². The summed E-state index contributed by atoms with van der Waals surface area (Å²) in [5.41, 5.74) is 4.13. The van der Waals surface area contributed by atoms with Crippen molar-refractivity contribution in [3.8, 4) is 5.75 Å². The van der Waals surface area contributed by atoms with Crippen LogP contribution in [0.1, 0.15) is 27.0 Å². The van der Waals surface area contributed by atoms with Crippen molar-refractivity contribution in [2.75, 3.05) is 13.7 Å². The first-order chi connectivity index (χ1) is 12.1. The van der Waals surface area contributed by atoms with Crippen LogP contribution in [-0.2, 0) is 18.1 Å². The zero-order chi connectivity index (χ0) is 17.8. The number of aromatic nitrogens is 1. The van der Waals surface area contributed by atoms with E-state index in [1.165, 1.54) is 0 Å². The molecule has 25 heavy (non-hydrogen) atoms. The van der Waals surface area contributed by atoms with Crippen LogP contribution in [0.15, 0.2) is 42.6 Å². The molecule has 0 unspecified atom stereocenters. The molecule has 0 aliphatic rings. The molecule has 0 atom stereocenters. The van der Waals surface area contributed by atoms with E-state index in [1.54, 1.807) is 19.2 Å². The second-order valence-corrected chi connectivity index (χ2v) is 6.04. The smallest absolute Gasteiger partial charge is 0.251 e. The molecule has 1 radical (unpaired) electrons. The minimum atomic E-state index is -0.396. The molecule has 5 heteroatoms. The third-order valence-electron chi connectivity index (χ3n) is 4.32. The summed E-state index contributed by atoms with van der Waals surface area (Å²) in [6.07, 6.45) is 2.64. The van der Waals surface area contributed by atoms with E-state index in [-0.39, 0.29) is 5.91 Å². The van der Waals surface area contributed by atoms with E-state index < -0.39 is 6.61 Å². The number of methoxy groups -OCH3 is 1. The van der Waals surface area contributed by atoms with Gasteiger partial charge in [-0.2, -0.15) is 0 Å². The number of hydrogen-bond acceptors (Lipinski definition) is 2. The predicted octanol–water partition coefficient (Wildman–Crippen LogP) is 3.39. The standard InChI is InChI=1S/C20H21N2O3/c1-13-3-5-17(15(9-13)12-23)20(24)21-8-7-14-11-22-19-6-4-16(25-2)10-18(14)19/h3-6,9-11,22H,7-8,12H2,1-2H3,(H,21,24). The van der Waals surface area contributed by atoms with E-state index in [0.29, 0.717) is 24.1 Å². The van der Waals surface area contributed by atoms with Gasteiger partial charge in [0.25, 0.3) is 5.91 Å². The van der Waals surface area contributed by atoms with E-state index in [1.807, 2.05) is 37.4 Å². The molecule has 0 saturated carbocycles. The van der Waals surface area contributed by atoms with Gasteiger partial charge < -0.3 is 15.0 Å². The summed E-state index contributed by atoms with van der Waals surface area (Å²) in [6.45, 7) is 2.01. The van der Waals surface area contributed by atoms with Gasteiger partial charge in [-0.3, -0.25) is 4.79 Å². The van der Waals surface area contributed by atoms with Crippen LogP contribution in [0.4, 0.5) is 0 Å². The number of hydrogen-bond donors (Lipinski definition) is 2. The van der Waals surface area contributed by atoms with E-state index in [2.05, 4.69) is 10.3 Å². The van der Waals surface area contributed by atoms with E-state index in [0.717, 1.165) is 27.8 Å². The fourth-order valence-corrected chi connectivity index (χ4v) is 2.96. The van der Waals surface area contributed by atoms with Crippen LogP contribution in [0.5, 0.6) is 5.75 Å². The Morgan fingerprint density at radius 3 is 2.76 bits per heavy atom. The van der Waals surface area contributed by atoms with Gasteiger partial charge >= 0.3 is 0 Å². The van der Waals surface area contributed by atoms with Crippen molar-refractivity contribution in [1.82, 2.24) is 10.3 Å². The number of amides is 1. The summed E-state index contributed by atoms with van der Waals surface area (Å²) >= 11 is 0. The van der Waals surface area contributed by atoms with Gasteiger partial charge in [0.2, 0.25) is 0 Å². The molecule has 129 valence electrons. The van der Waals surface area contributed by atoms with Crippen molar-refractivity contribution in [3.63, 3.8) is 0 Å². The number of benzene rings is 2. The van der Waals surface area contributed by atoms with Crippen molar-refractivity contribution >= 4 is 16.8 Å². The van der Waals surface area contributed by atoms with Gasteiger partial charge in [0.1, 0.15) is 12.4 Å². The Balaban J connectivity index is 1.68. The summed E-state index contributed by atoms with van der Waals surface area (Å²) in [4.78, 5) is 15.6. The number of carbonyl (C=O) groups is 1. The van der Waals surface area contributed by atoms with Gasteiger partial charge in [-0.1, -0.05) is 17.7 Å². The van der Waals surface area contributed by atoms with Crippen molar-refractivity contribution in [2.24, 2.45) is 0 Å². The highest BCUT2D eigenvalue weighted by Crippen LogP contribution is 2.23. The highest BCUT2D eigenvalue weighted by molar-refractivity contribution is 5.95. The van der Waals surface area contributed by atoms with Gasteiger partial charge in [0.05, 0.1) is 7.11 Å². The first kappa shape index (κ1) is 17.0. The quantitative estimate of drug-likeness (QED) is 0.723. The lowest BCUT2D eigenvalue weighted by molar-refractivity contribution is 0.0948. The monoisotopic (exact) mass is 337 g/mol. The Morgan fingerprint density at radius 1 is 1.16 bits per heavy atom. The second kappa shape index (κ2) is 7.40. The molecule has 5 nitrogen and oxygen atoms in total. The molecular weight excluding hydrogens is 316 g/mol. The molecule has 0 spiro atoms. The zero-order valence-corrected chi connectivity index (χ0v) is 14.4. The summed E-state index contributed by atoms with van der Waals surface area (Å²) in [6, 6.07) is 11.2. The number of fused-ring (bicyclic) bond motifs is 1. The number of H-pyrrole nitrogens is 1. The Bertz CT molecular complexity index is 899. The highest BCUT2D eigenvalue weighted by Gasteiger charge is 2.12. The van der Waals surface area contributed by atoms with Crippen LogP contribution in [0.25, 0.3) is 10.9 Å². The van der Waals surface area contributed by atoms with Gasteiger partial charge in [0.15, 0.2) is 0 Å². The largest absolute Gasteiger partial charge is 0.497 e.